The van der Waals surface area contributed by atoms with Gasteiger partial charge in [0, 0.05) is 30.3 Å². The van der Waals surface area contributed by atoms with Crippen molar-refractivity contribution < 1.29 is 9.50 Å². The Morgan fingerprint density at radius 3 is 2.46 bits per heavy atom. The molecule has 0 spiro atoms. The summed E-state index contributed by atoms with van der Waals surface area (Å²) in [7, 11) is 0. The predicted octanol–water partition coefficient (Wildman–Crippen LogP) is 1.99. The van der Waals surface area contributed by atoms with E-state index in [1.165, 1.54) is 0 Å². The standard InChI is InChI=1S/C19H24FN3O3/c1-9-6-7-22(8-13(9)24)17-11(3)16-14(10(2)15(17)20)18(25)21-19(26)23(16)12-4-5-12/h9,12-13,24H,4-8H2,1-3H3,(H,21,25,26). The molecule has 1 saturated heterocycles. The minimum atomic E-state index is -0.541. The number of aliphatic hydroxyl groups is 1. The lowest BCUT2D eigenvalue weighted by atomic mass is 9.94. The van der Waals surface area contributed by atoms with Gasteiger partial charge in [-0.05, 0) is 39.0 Å². The summed E-state index contributed by atoms with van der Waals surface area (Å²) in [4.78, 5) is 29.0. The highest BCUT2D eigenvalue weighted by Crippen LogP contribution is 2.40. The zero-order valence-electron chi connectivity index (χ0n) is 15.3. The van der Waals surface area contributed by atoms with Gasteiger partial charge in [0.2, 0.25) is 0 Å². The molecule has 0 bridgehead atoms. The molecule has 4 rings (SSSR count). The molecule has 2 N–H and O–H groups in total. The van der Waals surface area contributed by atoms with Crippen molar-refractivity contribution in [1.29, 1.82) is 0 Å². The minimum Gasteiger partial charge on any atom is -0.391 e. The van der Waals surface area contributed by atoms with Crippen molar-refractivity contribution >= 4 is 16.6 Å². The van der Waals surface area contributed by atoms with Crippen molar-refractivity contribution in [3.63, 3.8) is 0 Å². The van der Waals surface area contributed by atoms with Gasteiger partial charge in [0.1, 0.15) is 0 Å². The van der Waals surface area contributed by atoms with Crippen LogP contribution < -0.4 is 16.1 Å². The second-order valence-electron chi connectivity index (χ2n) is 7.78. The van der Waals surface area contributed by atoms with Crippen LogP contribution in [0.4, 0.5) is 10.1 Å². The van der Waals surface area contributed by atoms with Gasteiger partial charge < -0.3 is 10.0 Å². The molecule has 6 nitrogen and oxygen atoms in total. The Labute approximate surface area is 150 Å². The fourth-order valence-corrected chi connectivity index (χ4v) is 4.14. The molecule has 0 radical (unpaired) electrons. The third-order valence-corrected chi connectivity index (χ3v) is 5.91. The quantitative estimate of drug-likeness (QED) is 0.857. The summed E-state index contributed by atoms with van der Waals surface area (Å²) in [5.41, 5.74) is 0.811. The number of anilines is 1. The number of aryl methyl sites for hydroxylation is 2. The van der Waals surface area contributed by atoms with Crippen LogP contribution in [-0.2, 0) is 0 Å². The van der Waals surface area contributed by atoms with Gasteiger partial charge in [-0.15, -0.1) is 0 Å². The molecule has 1 aliphatic carbocycles. The minimum absolute atomic E-state index is 0.0604. The number of aromatic amines is 1. The number of β-amino-alcohol motifs (C(OH)–C–C–N with tert-alkyl or cyclic N) is 1. The van der Waals surface area contributed by atoms with E-state index in [0.29, 0.717) is 29.9 Å². The summed E-state index contributed by atoms with van der Waals surface area (Å²) in [6, 6.07) is 0.0604. The number of aliphatic hydroxyl groups excluding tert-OH is 1. The molecular formula is C19H24FN3O3. The zero-order valence-corrected chi connectivity index (χ0v) is 15.3. The topological polar surface area (TPSA) is 78.3 Å². The number of nitrogens with zero attached hydrogens (tertiary/aromatic N) is 2. The Morgan fingerprint density at radius 1 is 1.15 bits per heavy atom. The summed E-state index contributed by atoms with van der Waals surface area (Å²) in [5, 5.41) is 10.5. The maximum Gasteiger partial charge on any atom is 0.329 e. The van der Waals surface area contributed by atoms with Crippen molar-refractivity contribution in [3.05, 3.63) is 37.8 Å². The third kappa shape index (κ3) is 2.48. The lowest BCUT2D eigenvalue weighted by Crippen LogP contribution is -2.44. The summed E-state index contributed by atoms with van der Waals surface area (Å²) in [6.07, 6.45) is 2.00. The summed E-state index contributed by atoms with van der Waals surface area (Å²) in [5.74, 6) is -0.271. The molecule has 7 heteroatoms. The second kappa shape index (κ2) is 5.94. The van der Waals surface area contributed by atoms with Crippen molar-refractivity contribution in [2.45, 2.75) is 52.2 Å². The second-order valence-corrected chi connectivity index (χ2v) is 7.78. The van der Waals surface area contributed by atoms with Crippen LogP contribution in [0, 0.1) is 25.6 Å². The fraction of sp³-hybridized carbons (Fsp3) is 0.579. The van der Waals surface area contributed by atoms with E-state index < -0.39 is 23.2 Å². The van der Waals surface area contributed by atoms with E-state index in [-0.39, 0.29) is 22.9 Å². The molecule has 140 valence electrons. The van der Waals surface area contributed by atoms with Crippen LogP contribution >= 0.6 is 0 Å². The SMILES string of the molecule is Cc1c(F)c(N2CCC(C)C(O)C2)c(C)c2c1c(=O)[nH]c(=O)n2C1CC1. The van der Waals surface area contributed by atoms with Crippen molar-refractivity contribution in [1.82, 2.24) is 9.55 Å². The lowest BCUT2D eigenvalue weighted by Gasteiger charge is -2.37. The van der Waals surface area contributed by atoms with Crippen molar-refractivity contribution in [3.8, 4) is 0 Å². The number of nitrogens with one attached hydrogen (secondary N) is 1. The average Bonchev–Trinajstić information content (AvgIpc) is 3.40. The van der Waals surface area contributed by atoms with Gasteiger partial charge in [0.05, 0.1) is 22.7 Å². The summed E-state index contributed by atoms with van der Waals surface area (Å²) in [6.45, 7) is 6.32. The van der Waals surface area contributed by atoms with Gasteiger partial charge in [-0.1, -0.05) is 6.92 Å². The highest BCUT2D eigenvalue weighted by atomic mass is 19.1. The first kappa shape index (κ1) is 17.3. The number of hydrogen-bond acceptors (Lipinski definition) is 4. The van der Waals surface area contributed by atoms with Gasteiger partial charge >= 0.3 is 5.69 Å². The molecule has 1 aromatic heterocycles. The molecule has 26 heavy (non-hydrogen) atoms. The van der Waals surface area contributed by atoms with Crippen LogP contribution in [0.5, 0.6) is 0 Å². The number of hydrogen-bond donors (Lipinski definition) is 2. The van der Waals surface area contributed by atoms with E-state index in [2.05, 4.69) is 4.98 Å². The van der Waals surface area contributed by atoms with Gasteiger partial charge in [-0.2, -0.15) is 0 Å². The van der Waals surface area contributed by atoms with E-state index in [4.69, 9.17) is 0 Å². The number of H-pyrrole nitrogens is 1. The van der Waals surface area contributed by atoms with Crippen LogP contribution in [0.2, 0.25) is 0 Å². The smallest absolute Gasteiger partial charge is 0.329 e. The first-order chi connectivity index (χ1) is 12.3. The van der Waals surface area contributed by atoms with Crippen molar-refractivity contribution in [2.24, 2.45) is 5.92 Å². The number of halogens is 1. The Bertz CT molecular complexity index is 1010. The molecule has 2 fully saturated rings. The van der Waals surface area contributed by atoms with Crippen LogP contribution in [0.1, 0.15) is 43.4 Å². The normalized spacial score (nSPS) is 23.7. The molecule has 2 heterocycles. The van der Waals surface area contributed by atoms with Crippen LogP contribution in [0.15, 0.2) is 9.59 Å². The van der Waals surface area contributed by atoms with E-state index in [1.807, 2.05) is 11.8 Å². The number of piperidine rings is 1. The van der Waals surface area contributed by atoms with E-state index in [0.717, 1.165) is 19.3 Å². The van der Waals surface area contributed by atoms with Gasteiger partial charge in [0.15, 0.2) is 5.82 Å². The summed E-state index contributed by atoms with van der Waals surface area (Å²) >= 11 is 0. The Kier molecular flexibility index (Phi) is 3.95. The predicted molar refractivity (Wildman–Crippen MR) is 98.5 cm³/mol. The summed E-state index contributed by atoms with van der Waals surface area (Å²) < 4.78 is 16.9. The maximum absolute atomic E-state index is 15.3. The Balaban J connectivity index is 2.02. The monoisotopic (exact) mass is 361 g/mol. The number of fused-ring (bicyclic) bond motifs is 1. The van der Waals surface area contributed by atoms with Crippen molar-refractivity contribution in [2.75, 3.05) is 18.0 Å². The molecular weight excluding hydrogens is 337 g/mol. The zero-order chi connectivity index (χ0) is 18.7. The van der Waals surface area contributed by atoms with E-state index >= 15 is 4.39 Å². The molecule has 2 aliphatic rings. The van der Waals surface area contributed by atoms with Crippen LogP contribution in [-0.4, -0.2) is 33.9 Å². The maximum atomic E-state index is 15.3. The first-order valence-corrected chi connectivity index (χ1v) is 9.21. The molecule has 2 unspecified atom stereocenters. The van der Waals surface area contributed by atoms with Gasteiger partial charge in [0.25, 0.3) is 5.56 Å². The molecule has 1 aliphatic heterocycles. The number of aromatic nitrogens is 2. The fourth-order valence-electron chi connectivity index (χ4n) is 4.14. The van der Waals surface area contributed by atoms with Gasteiger partial charge in [-0.3, -0.25) is 14.3 Å². The van der Waals surface area contributed by atoms with Gasteiger partial charge in [-0.25, -0.2) is 9.18 Å². The van der Waals surface area contributed by atoms with Crippen LogP contribution in [0.25, 0.3) is 10.9 Å². The average molecular weight is 361 g/mol. The third-order valence-electron chi connectivity index (χ3n) is 5.91. The number of benzene rings is 1. The molecule has 1 aromatic carbocycles. The Morgan fingerprint density at radius 2 is 1.85 bits per heavy atom. The van der Waals surface area contributed by atoms with E-state index in [1.54, 1.807) is 18.4 Å². The lowest BCUT2D eigenvalue weighted by molar-refractivity contribution is 0.102. The highest BCUT2D eigenvalue weighted by Gasteiger charge is 2.32. The highest BCUT2D eigenvalue weighted by molar-refractivity contribution is 5.90. The van der Waals surface area contributed by atoms with E-state index in [9.17, 15) is 14.7 Å². The van der Waals surface area contributed by atoms with Crippen LogP contribution in [0.3, 0.4) is 0 Å². The first-order valence-electron chi connectivity index (χ1n) is 9.21. The number of rotatable bonds is 2. The Hall–Kier alpha value is -2.15. The molecule has 2 atom stereocenters. The largest absolute Gasteiger partial charge is 0.391 e. The molecule has 0 amide bonds. The molecule has 1 saturated carbocycles. The molecule has 2 aromatic rings.